The predicted octanol–water partition coefficient (Wildman–Crippen LogP) is 1.83. The molecule has 0 aliphatic carbocycles. The second kappa shape index (κ2) is 7.66. The summed E-state index contributed by atoms with van der Waals surface area (Å²) in [7, 11) is 0. The molecule has 0 unspecified atom stereocenters. The first-order chi connectivity index (χ1) is 9.83. The fraction of sp³-hybridized carbons (Fsp3) is 0.500. The number of aliphatic hydroxyl groups excluding tert-OH is 1. The Morgan fingerprint density at radius 1 is 1.30 bits per heavy atom. The number of carbonyl (C=O) groups excluding carboxylic acids is 1. The van der Waals surface area contributed by atoms with Gasteiger partial charge in [0.1, 0.15) is 5.69 Å². The van der Waals surface area contributed by atoms with E-state index in [0.29, 0.717) is 17.7 Å². The number of aliphatic hydroxyl groups is 1. The molecule has 4 heteroatoms. The molecular weight excluding hydrogens is 252 g/mol. The van der Waals surface area contributed by atoms with Crippen molar-refractivity contribution in [3.05, 3.63) is 29.6 Å². The maximum absolute atomic E-state index is 12.6. The van der Waals surface area contributed by atoms with Crippen molar-refractivity contribution in [3.8, 4) is 11.8 Å². The van der Waals surface area contributed by atoms with E-state index in [9.17, 15) is 4.79 Å². The highest BCUT2D eigenvalue weighted by molar-refractivity contribution is 5.94. The molecule has 106 valence electrons. The van der Waals surface area contributed by atoms with Gasteiger partial charge in [-0.2, -0.15) is 0 Å². The predicted molar refractivity (Wildman–Crippen MR) is 77.2 cm³/mol. The molecular formula is C16H20N2O2. The molecule has 1 aliphatic heterocycles. The fourth-order valence-electron chi connectivity index (χ4n) is 2.31. The highest BCUT2D eigenvalue weighted by Gasteiger charge is 2.20. The van der Waals surface area contributed by atoms with Gasteiger partial charge in [-0.1, -0.05) is 24.7 Å². The van der Waals surface area contributed by atoms with Gasteiger partial charge in [0, 0.05) is 25.7 Å². The Bertz CT molecular complexity index is 509. The smallest absolute Gasteiger partial charge is 0.273 e. The summed E-state index contributed by atoms with van der Waals surface area (Å²) in [5, 5.41) is 8.76. The maximum atomic E-state index is 12.6. The third kappa shape index (κ3) is 3.82. The van der Waals surface area contributed by atoms with Crippen molar-refractivity contribution in [2.75, 3.05) is 19.7 Å². The zero-order valence-corrected chi connectivity index (χ0v) is 11.6. The highest BCUT2D eigenvalue weighted by Crippen LogP contribution is 2.14. The SMILES string of the molecule is O=C(c1ncccc1C#CCCO)N1CCCCCC1. The van der Waals surface area contributed by atoms with Gasteiger partial charge in [-0.25, -0.2) is 4.98 Å². The number of amides is 1. The molecule has 0 aromatic carbocycles. The number of hydrogen-bond donors (Lipinski definition) is 1. The van der Waals surface area contributed by atoms with Crippen LogP contribution < -0.4 is 0 Å². The summed E-state index contributed by atoms with van der Waals surface area (Å²) in [6.45, 7) is 1.64. The normalized spacial score (nSPS) is 15.2. The summed E-state index contributed by atoms with van der Waals surface area (Å²) in [5.41, 5.74) is 1.08. The van der Waals surface area contributed by atoms with E-state index < -0.39 is 0 Å². The lowest BCUT2D eigenvalue weighted by Crippen LogP contribution is -2.33. The van der Waals surface area contributed by atoms with E-state index in [1.807, 2.05) is 11.0 Å². The van der Waals surface area contributed by atoms with Gasteiger partial charge in [-0.15, -0.1) is 0 Å². The van der Waals surface area contributed by atoms with Crippen LogP contribution in [0.2, 0.25) is 0 Å². The minimum atomic E-state index is -0.0270. The van der Waals surface area contributed by atoms with E-state index in [-0.39, 0.29) is 12.5 Å². The molecule has 1 amide bonds. The molecule has 2 heterocycles. The van der Waals surface area contributed by atoms with E-state index in [0.717, 1.165) is 25.9 Å². The summed E-state index contributed by atoms with van der Waals surface area (Å²) in [4.78, 5) is 18.6. The Labute approximate surface area is 119 Å². The molecule has 1 N–H and O–H groups in total. The lowest BCUT2D eigenvalue weighted by molar-refractivity contribution is 0.0755. The summed E-state index contributed by atoms with van der Waals surface area (Å²) in [6, 6.07) is 3.59. The zero-order valence-electron chi connectivity index (χ0n) is 11.6. The Morgan fingerprint density at radius 3 is 2.75 bits per heavy atom. The summed E-state index contributed by atoms with van der Waals surface area (Å²) < 4.78 is 0. The Balaban J connectivity index is 2.18. The molecule has 0 spiro atoms. The van der Waals surface area contributed by atoms with Gasteiger partial charge >= 0.3 is 0 Å². The fourth-order valence-corrected chi connectivity index (χ4v) is 2.31. The Morgan fingerprint density at radius 2 is 2.05 bits per heavy atom. The molecule has 0 saturated carbocycles. The first-order valence-corrected chi connectivity index (χ1v) is 7.17. The maximum Gasteiger partial charge on any atom is 0.273 e. The van der Waals surface area contributed by atoms with Gasteiger partial charge in [0.05, 0.1) is 12.2 Å². The first kappa shape index (κ1) is 14.5. The number of likely N-dealkylation sites (tertiary alicyclic amines) is 1. The van der Waals surface area contributed by atoms with Crippen LogP contribution in [0.5, 0.6) is 0 Å². The summed E-state index contributed by atoms with van der Waals surface area (Å²) in [6.07, 6.45) is 6.53. The number of pyridine rings is 1. The molecule has 2 rings (SSSR count). The summed E-state index contributed by atoms with van der Waals surface area (Å²) in [5.74, 6) is 5.75. The minimum Gasteiger partial charge on any atom is -0.395 e. The third-order valence-corrected chi connectivity index (χ3v) is 3.36. The van der Waals surface area contributed by atoms with Gasteiger partial charge in [0.15, 0.2) is 0 Å². The number of aromatic nitrogens is 1. The average Bonchev–Trinajstić information content (AvgIpc) is 2.76. The van der Waals surface area contributed by atoms with Crippen molar-refractivity contribution in [1.82, 2.24) is 9.88 Å². The molecule has 1 aromatic rings. The molecule has 0 atom stereocenters. The van der Waals surface area contributed by atoms with Gasteiger partial charge in [0.2, 0.25) is 0 Å². The second-order valence-corrected chi connectivity index (χ2v) is 4.88. The molecule has 20 heavy (non-hydrogen) atoms. The number of carbonyl (C=O) groups is 1. The van der Waals surface area contributed by atoms with Crippen molar-refractivity contribution in [3.63, 3.8) is 0 Å². The lowest BCUT2D eigenvalue weighted by atomic mass is 10.1. The van der Waals surface area contributed by atoms with Crippen LogP contribution in [0.4, 0.5) is 0 Å². The quantitative estimate of drug-likeness (QED) is 0.836. The number of hydrogen-bond acceptors (Lipinski definition) is 3. The highest BCUT2D eigenvalue weighted by atomic mass is 16.2. The lowest BCUT2D eigenvalue weighted by Gasteiger charge is -2.20. The third-order valence-electron chi connectivity index (χ3n) is 3.36. The molecule has 0 bridgehead atoms. The van der Waals surface area contributed by atoms with Crippen molar-refractivity contribution in [1.29, 1.82) is 0 Å². The van der Waals surface area contributed by atoms with Crippen molar-refractivity contribution in [2.45, 2.75) is 32.1 Å². The van der Waals surface area contributed by atoms with Gasteiger partial charge < -0.3 is 10.0 Å². The first-order valence-electron chi connectivity index (χ1n) is 7.17. The largest absolute Gasteiger partial charge is 0.395 e. The van der Waals surface area contributed by atoms with Crippen LogP contribution >= 0.6 is 0 Å². The van der Waals surface area contributed by atoms with Crippen molar-refractivity contribution >= 4 is 5.91 Å². The van der Waals surface area contributed by atoms with E-state index in [2.05, 4.69) is 16.8 Å². The van der Waals surface area contributed by atoms with Gasteiger partial charge in [-0.3, -0.25) is 4.79 Å². The molecule has 1 saturated heterocycles. The Kier molecular flexibility index (Phi) is 5.57. The summed E-state index contributed by atoms with van der Waals surface area (Å²) >= 11 is 0. The molecule has 1 aliphatic rings. The van der Waals surface area contributed by atoms with Crippen molar-refractivity contribution < 1.29 is 9.90 Å². The monoisotopic (exact) mass is 272 g/mol. The molecule has 1 aromatic heterocycles. The van der Waals surface area contributed by atoms with Crippen LogP contribution in [-0.2, 0) is 0 Å². The van der Waals surface area contributed by atoms with Crippen LogP contribution in [0, 0.1) is 11.8 Å². The number of rotatable bonds is 2. The second-order valence-electron chi connectivity index (χ2n) is 4.88. The van der Waals surface area contributed by atoms with E-state index >= 15 is 0 Å². The Hall–Kier alpha value is -1.86. The zero-order chi connectivity index (χ0) is 14.2. The topological polar surface area (TPSA) is 53.4 Å². The van der Waals surface area contributed by atoms with Gasteiger partial charge in [0.25, 0.3) is 5.91 Å². The van der Waals surface area contributed by atoms with E-state index in [1.54, 1.807) is 12.3 Å². The van der Waals surface area contributed by atoms with E-state index in [1.165, 1.54) is 12.8 Å². The van der Waals surface area contributed by atoms with Crippen LogP contribution in [-0.4, -0.2) is 40.6 Å². The molecule has 4 nitrogen and oxygen atoms in total. The van der Waals surface area contributed by atoms with Crippen molar-refractivity contribution in [2.24, 2.45) is 0 Å². The minimum absolute atomic E-state index is 0.0270. The van der Waals surface area contributed by atoms with Crippen LogP contribution in [0.3, 0.4) is 0 Å². The number of nitrogens with zero attached hydrogens (tertiary/aromatic N) is 2. The van der Waals surface area contributed by atoms with Gasteiger partial charge in [-0.05, 0) is 25.0 Å². The molecule has 0 radical (unpaired) electrons. The standard InChI is InChI=1S/C16H20N2O2/c19-13-6-3-8-14-9-7-10-17-15(14)16(20)18-11-4-1-2-5-12-18/h7,9-10,19H,1-2,4-6,11-13H2. The van der Waals surface area contributed by atoms with Crippen LogP contribution in [0.25, 0.3) is 0 Å². The average molecular weight is 272 g/mol. The van der Waals surface area contributed by atoms with E-state index in [4.69, 9.17) is 5.11 Å². The van der Waals surface area contributed by atoms with Crippen LogP contribution in [0.1, 0.15) is 48.2 Å². The van der Waals surface area contributed by atoms with Crippen LogP contribution in [0.15, 0.2) is 18.3 Å². The molecule has 1 fully saturated rings.